The number of aryl methyl sites for hydroxylation is 1. The largest absolute Gasteiger partial charge is 0.506 e. The molecule has 1 aromatic carbocycles. The van der Waals surface area contributed by atoms with Gasteiger partial charge in [0, 0.05) is 12.0 Å². The highest BCUT2D eigenvalue weighted by atomic mass is 16.7. The molecular formula is C24H35NO8. The lowest BCUT2D eigenvalue weighted by atomic mass is 9.97. The zero-order valence-corrected chi connectivity index (χ0v) is 20.4. The maximum atomic E-state index is 12.5. The molecule has 2 aromatic rings. The monoisotopic (exact) mass is 465 g/mol. The van der Waals surface area contributed by atoms with Crippen molar-refractivity contribution in [2.75, 3.05) is 6.61 Å². The van der Waals surface area contributed by atoms with E-state index in [0.29, 0.717) is 29.2 Å². The molecule has 2 heterocycles. The number of fused-ring (bicyclic) bond motifs is 1. The van der Waals surface area contributed by atoms with E-state index in [1.165, 1.54) is 0 Å². The lowest BCUT2D eigenvalue weighted by Gasteiger charge is -2.33. The van der Waals surface area contributed by atoms with Gasteiger partial charge in [-0.3, -0.25) is 4.79 Å². The first-order chi connectivity index (χ1) is 15.7. The Bertz CT molecular complexity index is 998. The Kier molecular flexibility index (Phi) is 11.4. The van der Waals surface area contributed by atoms with E-state index >= 15 is 0 Å². The highest BCUT2D eigenvalue weighted by Crippen LogP contribution is 2.35. The summed E-state index contributed by atoms with van der Waals surface area (Å²) in [7, 11) is 0. The summed E-state index contributed by atoms with van der Waals surface area (Å²) in [6, 6.07) is 3.42. The van der Waals surface area contributed by atoms with Gasteiger partial charge in [0.1, 0.15) is 29.3 Å². The van der Waals surface area contributed by atoms with Crippen molar-refractivity contribution in [3.63, 3.8) is 0 Å². The molecule has 1 unspecified atom stereocenters. The average molecular weight is 466 g/mol. The Balaban J connectivity index is 0.00000101. The first-order valence-corrected chi connectivity index (χ1v) is 11.1. The van der Waals surface area contributed by atoms with Crippen LogP contribution in [0.1, 0.15) is 65.5 Å². The molecule has 1 fully saturated rings. The van der Waals surface area contributed by atoms with Gasteiger partial charge in [0.05, 0.1) is 17.2 Å². The number of nitrogens with zero attached hydrogens (tertiary/aromatic N) is 1. The minimum Gasteiger partial charge on any atom is -0.506 e. The molecule has 0 amide bonds. The quantitative estimate of drug-likeness (QED) is 0.278. The first kappa shape index (κ1) is 28.0. The van der Waals surface area contributed by atoms with Gasteiger partial charge in [0.15, 0.2) is 6.29 Å². The van der Waals surface area contributed by atoms with E-state index in [9.17, 15) is 9.90 Å². The van der Waals surface area contributed by atoms with Crippen LogP contribution in [0.5, 0.6) is 11.5 Å². The van der Waals surface area contributed by atoms with Crippen molar-refractivity contribution in [3.8, 4) is 11.5 Å². The van der Waals surface area contributed by atoms with Crippen LogP contribution in [-0.2, 0) is 14.4 Å². The number of rotatable bonds is 5. The number of benzene rings is 1. The minimum atomic E-state index is -0.678. The van der Waals surface area contributed by atoms with E-state index in [-0.39, 0.29) is 41.5 Å². The smallest absolute Gasteiger partial charge is 0.349 e. The molecule has 0 aliphatic carbocycles. The van der Waals surface area contributed by atoms with Crippen molar-refractivity contribution in [1.82, 2.24) is 0 Å². The molecule has 9 nitrogen and oxygen atoms in total. The highest BCUT2D eigenvalue weighted by molar-refractivity contribution is 6.04. The fourth-order valence-corrected chi connectivity index (χ4v) is 3.32. The third-order valence-corrected chi connectivity index (χ3v) is 5.22. The number of aromatic hydroxyl groups is 1. The second-order valence-electron chi connectivity index (χ2n) is 7.32. The number of carbonyl (C=O) groups is 1. The molecule has 0 saturated carbocycles. The summed E-state index contributed by atoms with van der Waals surface area (Å²) in [5, 5.41) is 21.8. The molecule has 0 radical (unpaired) electrons. The van der Waals surface area contributed by atoms with E-state index in [1.807, 2.05) is 20.8 Å². The SMILES string of the molecule is CC.CCO/N=C(\C)c1c(O)c2ccc(OC3CC[C@@H](C)[C@@H](C)O3)c(C)c2oc1=O.O=CO. The lowest BCUT2D eigenvalue weighted by Crippen LogP contribution is -2.35. The molecule has 33 heavy (non-hydrogen) atoms. The number of oxime groups is 1. The van der Waals surface area contributed by atoms with Crippen LogP contribution in [0.25, 0.3) is 11.0 Å². The molecule has 0 spiro atoms. The highest BCUT2D eigenvalue weighted by Gasteiger charge is 2.27. The van der Waals surface area contributed by atoms with Crippen LogP contribution in [0.2, 0.25) is 0 Å². The Labute approximate surface area is 193 Å². The third kappa shape index (κ3) is 6.95. The summed E-state index contributed by atoms with van der Waals surface area (Å²) < 4.78 is 17.4. The molecule has 0 bridgehead atoms. The van der Waals surface area contributed by atoms with Gasteiger partial charge >= 0.3 is 5.63 Å². The Morgan fingerprint density at radius 2 is 1.91 bits per heavy atom. The number of ether oxygens (including phenoxy) is 2. The molecular weight excluding hydrogens is 430 g/mol. The standard InChI is InChI=1S/C21H27NO6.C2H6.CH2O2/c1-6-25-22-13(4)18-19(23)15-8-9-16(12(3)20(15)28-21(18)24)27-17-10-7-11(2)14(5)26-17;1-2;2-1-3/h8-9,11,14,17,23H,6-7,10H2,1-5H3;1-2H3;1H,(H,2,3)/b22-13+;;/t11-,14-,17?;;/m1../s1. The van der Waals surface area contributed by atoms with E-state index in [2.05, 4.69) is 12.1 Å². The molecule has 1 aliphatic heterocycles. The van der Waals surface area contributed by atoms with Crippen LogP contribution in [0.3, 0.4) is 0 Å². The predicted molar refractivity (Wildman–Crippen MR) is 126 cm³/mol. The van der Waals surface area contributed by atoms with Gasteiger partial charge in [-0.25, -0.2) is 4.79 Å². The van der Waals surface area contributed by atoms with Crippen LogP contribution in [-0.4, -0.2) is 41.4 Å². The summed E-state index contributed by atoms with van der Waals surface area (Å²) in [6.45, 7) is 13.5. The van der Waals surface area contributed by atoms with Gasteiger partial charge in [-0.2, -0.15) is 0 Å². The second-order valence-corrected chi connectivity index (χ2v) is 7.32. The van der Waals surface area contributed by atoms with Crippen molar-refractivity contribution in [2.24, 2.45) is 11.1 Å². The van der Waals surface area contributed by atoms with E-state index in [1.54, 1.807) is 32.9 Å². The molecule has 3 rings (SSSR count). The fraction of sp³-hybridized carbons (Fsp3) is 0.542. The van der Waals surface area contributed by atoms with Crippen molar-refractivity contribution >= 4 is 23.2 Å². The maximum absolute atomic E-state index is 12.5. The van der Waals surface area contributed by atoms with Crippen LogP contribution < -0.4 is 10.4 Å². The third-order valence-electron chi connectivity index (χ3n) is 5.22. The number of hydrogen-bond donors (Lipinski definition) is 2. The second kappa shape index (κ2) is 13.5. The molecule has 2 N–H and O–H groups in total. The van der Waals surface area contributed by atoms with Gasteiger partial charge in [-0.1, -0.05) is 25.9 Å². The van der Waals surface area contributed by atoms with E-state index in [0.717, 1.165) is 12.8 Å². The van der Waals surface area contributed by atoms with Gasteiger partial charge in [0.2, 0.25) is 0 Å². The van der Waals surface area contributed by atoms with Gasteiger partial charge in [-0.05, 0) is 52.2 Å². The van der Waals surface area contributed by atoms with E-state index < -0.39 is 5.63 Å². The molecule has 1 aliphatic rings. The number of carboxylic acid groups (broad SMARTS) is 1. The maximum Gasteiger partial charge on any atom is 0.349 e. The number of hydrogen-bond acceptors (Lipinski definition) is 8. The topological polar surface area (TPSA) is 128 Å². The van der Waals surface area contributed by atoms with E-state index in [4.69, 9.17) is 28.6 Å². The van der Waals surface area contributed by atoms with Crippen molar-refractivity contribution in [2.45, 2.75) is 73.7 Å². The average Bonchev–Trinajstić information content (AvgIpc) is 2.79. The zero-order valence-electron chi connectivity index (χ0n) is 20.4. The van der Waals surface area contributed by atoms with Crippen LogP contribution in [0.4, 0.5) is 0 Å². The summed E-state index contributed by atoms with van der Waals surface area (Å²) in [6.07, 6.45) is 1.60. The zero-order chi connectivity index (χ0) is 25.1. The Morgan fingerprint density at radius 1 is 1.27 bits per heavy atom. The molecule has 184 valence electrons. The summed E-state index contributed by atoms with van der Waals surface area (Å²) in [5.41, 5.74) is 0.484. The van der Waals surface area contributed by atoms with Crippen molar-refractivity contribution in [1.29, 1.82) is 0 Å². The van der Waals surface area contributed by atoms with Crippen LogP contribution in [0.15, 0.2) is 26.5 Å². The molecule has 1 saturated heterocycles. The van der Waals surface area contributed by atoms with Crippen LogP contribution >= 0.6 is 0 Å². The normalized spacial score (nSPS) is 20.1. The minimum absolute atomic E-state index is 0.00700. The van der Waals surface area contributed by atoms with Gasteiger partial charge in [0.25, 0.3) is 6.47 Å². The first-order valence-electron chi connectivity index (χ1n) is 11.1. The van der Waals surface area contributed by atoms with Crippen molar-refractivity contribution < 1.29 is 33.7 Å². The van der Waals surface area contributed by atoms with Gasteiger partial charge < -0.3 is 28.9 Å². The van der Waals surface area contributed by atoms with Gasteiger partial charge in [-0.15, -0.1) is 0 Å². The molecule has 9 heteroatoms. The predicted octanol–water partition coefficient (Wildman–Crippen LogP) is 4.83. The fourth-order valence-electron chi connectivity index (χ4n) is 3.32. The summed E-state index contributed by atoms with van der Waals surface area (Å²) in [4.78, 5) is 25.8. The Hall–Kier alpha value is -3.07. The van der Waals surface area contributed by atoms with Crippen LogP contribution in [0, 0.1) is 12.8 Å². The summed E-state index contributed by atoms with van der Waals surface area (Å²) >= 11 is 0. The molecule has 3 atom stereocenters. The van der Waals surface area contributed by atoms with Crippen molar-refractivity contribution in [3.05, 3.63) is 33.7 Å². The lowest BCUT2D eigenvalue weighted by molar-refractivity contribution is -0.159. The summed E-state index contributed by atoms with van der Waals surface area (Å²) in [5.74, 6) is 0.875. The Morgan fingerprint density at radius 3 is 2.48 bits per heavy atom. The molecule has 1 aromatic heterocycles.